The van der Waals surface area contributed by atoms with E-state index < -0.39 is 6.10 Å². The highest BCUT2D eigenvalue weighted by Gasteiger charge is 2.19. The van der Waals surface area contributed by atoms with Crippen LogP contribution >= 0.6 is 0 Å². The third-order valence-electron chi connectivity index (χ3n) is 16.6. The van der Waals surface area contributed by atoms with Gasteiger partial charge in [-0.25, -0.2) is 0 Å². The summed E-state index contributed by atoms with van der Waals surface area (Å²) < 4.78 is 17.0. The Morgan fingerprint density at radius 1 is 0.244 bits per heavy atom. The number of esters is 3. The van der Waals surface area contributed by atoms with Crippen molar-refractivity contribution in [3.63, 3.8) is 0 Å². The fourth-order valence-corrected chi connectivity index (χ4v) is 11.0. The first-order valence-electron chi connectivity index (χ1n) is 36.6. The Bertz CT molecular complexity index is 1410. The number of hydrogen-bond donors (Lipinski definition) is 0. The number of rotatable bonds is 68. The van der Waals surface area contributed by atoms with Gasteiger partial charge < -0.3 is 14.2 Å². The predicted molar refractivity (Wildman–Crippen MR) is 358 cm³/mol. The second kappa shape index (κ2) is 70.9. The van der Waals surface area contributed by atoms with Gasteiger partial charge in [0.15, 0.2) is 6.10 Å². The molecule has 0 rings (SSSR count). The van der Waals surface area contributed by atoms with Crippen LogP contribution in [0.5, 0.6) is 0 Å². The van der Waals surface area contributed by atoms with E-state index in [4.69, 9.17) is 14.2 Å². The zero-order chi connectivity index (χ0) is 59.2. The van der Waals surface area contributed by atoms with Crippen molar-refractivity contribution in [1.29, 1.82) is 0 Å². The van der Waals surface area contributed by atoms with Crippen molar-refractivity contribution in [2.75, 3.05) is 13.2 Å². The van der Waals surface area contributed by atoms with E-state index in [1.165, 1.54) is 283 Å². The molecule has 0 N–H and O–H groups in total. The zero-order valence-corrected chi connectivity index (χ0v) is 55.3. The molecule has 0 aromatic rings. The minimum absolute atomic E-state index is 0.0713. The van der Waals surface area contributed by atoms with Gasteiger partial charge in [0, 0.05) is 19.3 Å². The van der Waals surface area contributed by atoms with Crippen molar-refractivity contribution in [1.82, 2.24) is 0 Å². The van der Waals surface area contributed by atoms with Gasteiger partial charge in [-0.15, -0.1) is 0 Å². The summed E-state index contributed by atoms with van der Waals surface area (Å²) in [5.41, 5.74) is 0. The van der Waals surface area contributed by atoms with E-state index >= 15 is 0 Å². The lowest BCUT2D eigenvalue weighted by Gasteiger charge is -2.18. The number of carbonyl (C=O) groups is 3. The second-order valence-electron chi connectivity index (χ2n) is 24.9. The number of ether oxygens (including phenoxy) is 3. The molecule has 6 nitrogen and oxygen atoms in total. The lowest BCUT2D eigenvalue weighted by atomic mass is 10.0. The molecular formula is C76H140O6. The highest BCUT2D eigenvalue weighted by Crippen LogP contribution is 2.19. The van der Waals surface area contributed by atoms with Gasteiger partial charge >= 0.3 is 17.9 Å². The first kappa shape index (κ1) is 79.4. The first-order valence-corrected chi connectivity index (χ1v) is 36.6. The molecule has 0 saturated heterocycles. The molecule has 0 aliphatic carbocycles. The minimum Gasteiger partial charge on any atom is -0.462 e. The standard InChI is InChI=1S/C76H140O6/c1-4-7-10-13-16-19-22-24-26-28-30-32-34-36-37-38-39-40-42-43-45-47-49-51-54-57-60-63-66-69-75(78)81-72-73(71-80-74(77)68-65-62-59-56-53-21-18-15-12-9-6-3)82-76(79)70-67-64-61-58-55-52-50-48-46-44-41-35-33-31-29-27-25-23-20-17-14-11-8-5-2/h15,18,22,24,28,30,34,36,73H,4-14,16-17,19-21,23,25-27,29,31-33,35,37-72H2,1-3H3/b18-15-,24-22-,30-28-,36-34-. The molecule has 0 aromatic carbocycles. The van der Waals surface area contributed by atoms with Gasteiger partial charge in [-0.1, -0.05) is 352 Å². The molecule has 480 valence electrons. The van der Waals surface area contributed by atoms with Crippen LogP contribution in [0.25, 0.3) is 0 Å². The molecule has 0 aliphatic rings. The quantitative estimate of drug-likeness (QED) is 0.0261. The molecular weight excluding hydrogens is 1010 g/mol. The van der Waals surface area contributed by atoms with Gasteiger partial charge in [0.25, 0.3) is 0 Å². The first-order chi connectivity index (χ1) is 40.5. The molecule has 0 aliphatic heterocycles. The van der Waals surface area contributed by atoms with Crippen LogP contribution in [0.15, 0.2) is 48.6 Å². The van der Waals surface area contributed by atoms with E-state index in [9.17, 15) is 14.4 Å². The lowest BCUT2D eigenvalue weighted by Crippen LogP contribution is -2.30. The van der Waals surface area contributed by atoms with Crippen LogP contribution in [0.4, 0.5) is 0 Å². The second-order valence-corrected chi connectivity index (χ2v) is 24.9. The lowest BCUT2D eigenvalue weighted by molar-refractivity contribution is -0.167. The zero-order valence-electron chi connectivity index (χ0n) is 55.3. The van der Waals surface area contributed by atoms with E-state index in [-0.39, 0.29) is 31.1 Å². The van der Waals surface area contributed by atoms with Crippen molar-refractivity contribution < 1.29 is 28.6 Å². The van der Waals surface area contributed by atoms with E-state index in [0.29, 0.717) is 19.3 Å². The van der Waals surface area contributed by atoms with Crippen LogP contribution in [0.2, 0.25) is 0 Å². The van der Waals surface area contributed by atoms with Crippen molar-refractivity contribution in [3.8, 4) is 0 Å². The van der Waals surface area contributed by atoms with Crippen molar-refractivity contribution >= 4 is 17.9 Å². The Kier molecular flexibility index (Phi) is 68.6. The maximum atomic E-state index is 13.0. The van der Waals surface area contributed by atoms with Gasteiger partial charge in [-0.2, -0.15) is 0 Å². The van der Waals surface area contributed by atoms with Gasteiger partial charge in [0.2, 0.25) is 0 Å². The Morgan fingerprint density at radius 3 is 0.732 bits per heavy atom. The molecule has 0 bridgehead atoms. The predicted octanol–water partition coefficient (Wildman–Crippen LogP) is 25.3. The summed E-state index contributed by atoms with van der Waals surface area (Å²) in [6, 6.07) is 0. The number of carbonyl (C=O) groups excluding carboxylic acids is 3. The largest absolute Gasteiger partial charge is 0.462 e. The molecule has 1 atom stereocenters. The molecule has 1 unspecified atom stereocenters. The molecule has 82 heavy (non-hydrogen) atoms. The van der Waals surface area contributed by atoms with Crippen LogP contribution in [-0.4, -0.2) is 37.2 Å². The van der Waals surface area contributed by atoms with Crippen molar-refractivity contribution in [2.24, 2.45) is 0 Å². The molecule has 0 saturated carbocycles. The third-order valence-corrected chi connectivity index (χ3v) is 16.6. The number of hydrogen-bond acceptors (Lipinski definition) is 6. The number of unbranched alkanes of at least 4 members (excludes halogenated alkanes) is 49. The molecule has 0 spiro atoms. The fraction of sp³-hybridized carbons (Fsp3) is 0.855. The maximum Gasteiger partial charge on any atom is 0.306 e. The normalized spacial score (nSPS) is 12.3. The summed E-state index contributed by atoms with van der Waals surface area (Å²) in [5, 5.41) is 0. The Hall–Kier alpha value is -2.63. The van der Waals surface area contributed by atoms with Gasteiger partial charge in [-0.3, -0.25) is 14.4 Å². The van der Waals surface area contributed by atoms with Crippen LogP contribution in [0.1, 0.15) is 400 Å². The molecule has 6 heteroatoms. The summed E-state index contributed by atoms with van der Waals surface area (Å²) >= 11 is 0. The third kappa shape index (κ3) is 68.2. The van der Waals surface area contributed by atoms with Crippen LogP contribution in [0.3, 0.4) is 0 Å². The molecule has 0 aromatic heterocycles. The van der Waals surface area contributed by atoms with E-state index in [2.05, 4.69) is 69.4 Å². The SMILES string of the molecule is CCCC/C=C\CCCCCCCC(=O)OCC(COC(=O)CCCCCCCCCCCCCCCC/C=C\C/C=C\C/C=C\CCCCCCC)OC(=O)CCCCCCCCCCCCCCCCCCCCCCCCCC. The van der Waals surface area contributed by atoms with E-state index in [1.54, 1.807) is 0 Å². The molecule has 0 radical (unpaired) electrons. The molecule has 0 heterocycles. The Balaban J connectivity index is 4.16. The van der Waals surface area contributed by atoms with E-state index in [1.807, 2.05) is 0 Å². The summed E-state index contributed by atoms with van der Waals surface area (Å²) in [5.74, 6) is -0.855. The van der Waals surface area contributed by atoms with Gasteiger partial charge in [0.1, 0.15) is 13.2 Å². The monoisotopic (exact) mass is 1150 g/mol. The van der Waals surface area contributed by atoms with Crippen LogP contribution in [-0.2, 0) is 28.6 Å². The highest BCUT2D eigenvalue weighted by molar-refractivity contribution is 5.71. The average molecular weight is 1150 g/mol. The minimum atomic E-state index is -0.775. The van der Waals surface area contributed by atoms with Crippen LogP contribution < -0.4 is 0 Å². The Labute approximate surface area is 511 Å². The fourth-order valence-electron chi connectivity index (χ4n) is 11.0. The summed E-state index contributed by atoms with van der Waals surface area (Å²) in [4.78, 5) is 38.4. The maximum absolute atomic E-state index is 13.0. The Morgan fingerprint density at radius 2 is 0.451 bits per heavy atom. The van der Waals surface area contributed by atoms with Crippen LogP contribution in [0, 0.1) is 0 Å². The van der Waals surface area contributed by atoms with E-state index in [0.717, 1.165) is 77.0 Å². The molecule has 0 fully saturated rings. The topological polar surface area (TPSA) is 78.9 Å². The summed E-state index contributed by atoms with van der Waals surface area (Å²) in [6.45, 7) is 6.65. The van der Waals surface area contributed by atoms with Gasteiger partial charge in [0.05, 0.1) is 0 Å². The highest BCUT2D eigenvalue weighted by atomic mass is 16.6. The summed E-state index contributed by atoms with van der Waals surface area (Å²) in [7, 11) is 0. The molecule has 0 amide bonds. The van der Waals surface area contributed by atoms with Crippen molar-refractivity contribution in [2.45, 2.75) is 406 Å². The summed E-state index contributed by atoms with van der Waals surface area (Å²) in [6.07, 6.45) is 90.2. The van der Waals surface area contributed by atoms with Gasteiger partial charge in [-0.05, 0) is 77.0 Å². The average Bonchev–Trinajstić information content (AvgIpc) is 3.47. The smallest absolute Gasteiger partial charge is 0.306 e. The van der Waals surface area contributed by atoms with Crippen molar-refractivity contribution in [3.05, 3.63) is 48.6 Å². The number of allylic oxidation sites excluding steroid dienone is 8.